The molecule has 1 aromatic rings. The molecule has 0 unspecified atom stereocenters. The number of unbranched alkanes of at least 4 members (excludes halogenated alkanes) is 15. The molecule has 0 N–H and O–H groups in total. The summed E-state index contributed by atoms with van der Waals surface area (Å²) in [5.74, 6) is 0. The molecule has 31 heavy (non-hydrogen) atoms. The minimum atomic E-state index is 1.22. The molecule has 0 aliphatic carbocycles. The zero-order valence-corrected chi connectivity index (χ0v) is 21.7. The van der Waals surface area contributed by atoms with Crippen LogP contribution in [0.4, 0.5) is 5.69 Å². The van der Waals surface area contributed by atoms with Crippen LogP contribution in [0.25, 0.3) is 0 Å². The van der Waals surface area contributed by atoms with Crippen molar-refractivity contribution < 1.29 is 0 Å². The van der Waals surface area contributed by atoms with Crippen molar-refractivity contribution in [2.24, 2.45) is 0 Å². The van der Waals surface area contributed by atoms with E-state index >= 15 is 0 Å². The molecule has 1 heteroatoms. The second kappa shape index (κ2) is 19.8. The van der Waals surface area contributed by atoms with Crippen LogP contribution in [0.5, 0.6) is 0 Å². The lowest BCUT2D eigenvalue weighted by Crippen LogP contribution is -2.51. The monoisotopic (exact) mass is 430 g/mol. The van der Waals surface area contributed by atoms with E-state index in [1.165, 1.54) is 140 Å². The summed E-state index contributed by atoms with van der Waals surface area (Å²) >= 11 is 0. The van der Waals surface area contributed by atoms with Gasteiger partial charge in [-0.05, 0) is 37.8 Å². The van der Waals surface area contributed by atoms with Gasteiger partial charge in [-0.25, -0.2) is 0 Å². The normalized spacial score (nSPS) is 11.8. The molecule has 0 aliphatic rings. The predicted molar refractivity (Wildman–Crippen MR) is 143 cm³/mol. The summed E-state index contributed by atoms with van der Waals surface area (Å²) in [6, 6.07) is 11.4. The molecule has 0 aliphatic heterocycles. The van der Waals surface area contributed by atoms with E-state index in [2.05, 4.69) is 51.1 Å². The molecule has 0 amide bonds. The summed E-state index contributed by atoms with van der Waals surface area (Å²) in [5, 5.41) is 0. The Morgan fingerprint density at radius 1 is 0.419 bits per heavy atom. The molecule has 1 nitrogen and oxygen atoms in total. The Labute approximate surface area is 196 Å². The highest BCUT2D eigenvalue weighted by atomic mass is 15.4. The standard InChI is InChI=1S/C30H56N/c1-4-7-10-11-12-13-14-15-16-17-18-19-20-24-29-31(27-8-5-2,28-9-6-3)30-25-22-21-23-26-30/h21-23,25-26H,4-20,24,27-29H2,1-3H3/q+1. The van der Waals surface area contributed by atoms with Crippen molar-refractivity contribution in [3.8, 4) is 0 Å². The van der Waals surface area contributed by atoms with Crippen molar-refractivity contribution in [2.45, 2.75) is 136 Å². The number of hydrogen-bond acceptors (Lipinski definition) is 0. The molecule has 0 bridgehead atoms. The molecule has 0 aromatic heterocycles. The largest absolute Gasteiger partial charge is 0.291 e. The summed E-state index contributed by atoms with van der Waals surface area (Å²) in [4.78, 5) is 0. The van der Waals surface area contributed by atoms with Gasteiger partial charge in [0.1, 0.15) is 5.69 Å². The van der Waals surface area contributed by atoms with Gasteiger partial charge in [0.05, 0.1) is 19.6 Å². The summed E-state index contributed by atoms with van der Waals surface area (Å²) in [5.41, 5.74) is 1.55. The molecule has 0 atom stereocenters. The molecular formula is C30H56N+. The Balaban J connectivity index is 2.23. The summed E-state index contributed by atoms with van der Waals surface area (Å²) in [6.45, 7) is 11.0. The van der Waals surface area contributed by atoms with E-state index in [-0.39, 0.29) is 0 Å². The van der Waals surface area contributed by atoms with Gasteiger partial charge >= 0.3 is 0 Å². The van der Waals surface area contributed by atoms with Gasteiger partial charge in [0.2, 0.25) is 0 Å². The number of benzene rings is 1. The zero-order valence-electron chi connectivity index (χ0n) is 21.7. The highest BCUT2D eigenvalue weighted by Gasteiger charge is 2.28. The lowest BCUT2D eigenvalue weighted by Gasteiger charge is -2.39. The lowest BCUT2D eigenvalue weighted by atomic mass is 10.0. The van der Waals surface area contributed by atoms with E-state index in [1.807, 2.05) is 0 Å². The molecule has 0 heterocycles. The molecule has 0 radical (unpaired) electrons. The number of nitrogens with zero attached hydrogens (tertiary/aromatic N) is 1. The van der Waals surface area contributed by atoms with Crippen LogP contribution in [0.3, 0.4) is 0 Å². The van der Waals surface area contributed by atoms with Gasteiger partial charge in [0.25, 0.3) is 0 Å². The van der Waals surface area contributed by atoms with Crippen LogP contribution in [0, 0.1) is 0 Å². The fraction of sp³-hybridized carbons (Fsp3) is 0.800. The third-order valence-corrected chi connectivity index (χ3v) is 7.12. The quantitative estimate of drug-likeness (QED) is 0.127. The molecule has 1 rings (SSSR count). The highest BCUT2D eigenvalue weighted by Crippen LogP contribution is 2.26. The Hall–Kier alpha value is -0.820. The van der Waals surface area contributed by atoms with Gasteiger partial charge in [-0.2, -0.15) is 0 Å². The van der Waals surface area contributed by atoms with Crippen molar-refractivity contribution in [2.75, 3.05) is 19.6 Å². The maximum Gasteiger partial charge on any atom is 0.132 e. The van der Waals surface area contributed by atoms with E-state index < -0.39 is 0 Å². The minimum absolute atomic E-state index is 1.22. The average molecular weight is 431 g/mol. The van der Waals surface area contributed by atoms with Gasteiger partial charge in [-0.1, -0.05) is 129 Å². The first-order chi connectivity index (χ1) is 15.3. The maximum absolute atomic E-state index is 2.38. The number of hydrogen-bond donors (Lipinski definition) is 0. The van der Waals surface area contributed by atoms with Crippen molar-refractivity contribution in [1.29, 1.82) is 0 Å². The van der Waals surface area contributed by atoms with Gasteiger partial charge in [-0.15, -0.1) is 0 Å². The summed E-state index contributed by atoms with van der Waals surface area (Å²) in [7, 11) is 0. The van der Waals surface area contributed by atoms with Crippen molar-refractivity contribution in [3.05, 3.63) is 30.3 Å². The zero-order chi connectivity index (χ0) is 22.5. The molecule has 0 saturated heterocycles. The third-order valence-electron chi connectivity index (χ3n) is 7.12. The van der Waals surface area contributed by atoms with Crippen LogP contribution in [0.15, 0.2) is 30.3 Å². The molecule has 0 fully saturated rings. The first kappa shape index (κ1) is 28.2. The van der Waals surface area contributed by atoms with Gasteiger partial charge in [0.15, 0.2) is 0 Å². The van der Waals surface area contributed by atoms with E-state index in [1.54, 1.807) is 5.69 Å². The van der Waals surface area contributed by atoms with E-state index in [4.69, 9.17) is 0 Å². The Morgan fingerprint density at radius 2 is 0.774 bits per heavy atom. The number of quaternary nitrogens is 1. The second-order valence-corrected chi connectivity index (χ2v) is 9.95. The SMILES string of the molecule is CCCCCCCCCCCCCCCC[N+](CCCC)(CCCC)c1ccccc1. The van der Waals surface area contributed by atoms with Gasteiger partial charge < -0.3 is 0 Å². The van der Waals surface area contributed by atoms with Crippen LogP contribution in [0.1, 0.15) is 136 Å². The Kier molecular flexibility index (Phi) is 18.1. The van der Waals surface area contributed by atoms with Crippen LogP contribution in [-0.2, 0) is 0 Å². The van der Waals surface area contributed by atoms with Crippen LogP contribution in [0.2, 0.25) is 0 Å². The smallest absolute Gasteiger partial charge is 0.132 e. The minimum Gasteiger partial charge on any atom is -0.291 e. The van der Waals surface area contributed by atoms with E-state index in [0.29, 0.717) is 0 Å². The summed E-state index contributed by atoms with van der Waals surface area (Å²) < 4.78 is 1.22. The topological polar surface area (TPSA) is 0 Å². The lowest BCUT2D eigenvalue weighted by molar-refractivity contribution is 0.257. The molecule has 0 saturated carbocycles. The van der Waals surface area contributed by atoms with Gasteiger partial charge in [0, 0.05) is 0 Å². The first-order valence-electron chi connectivity index (χ1n) is 14.2. The first-order valence-corrected chi connectivity index (χ1v) is 14.2. The van der Waals surface area contributed by atoms with Crippen LogP contribution < -0.4 is 4.48 Å². The van der Waals surface area contributed by atoms with E-state index in [9.17, 15) is 0 Å². The molecular weight excluding hydrogens is 374 g/mol. The van der Waals surface area contributed by atoms with E-state index in [0.717, 1.165) is 0 Å². The summed E-state index contributed by atoms with van der Waals surface area (Å²) in [6.07, 6.45) is 25.5. The van der Waals surface area contributed by atoms with Gasteiger partial charge in [-0.3, -0.25) is 4.48 Å². The van der Waals surface area contributed by atoms with Crippen molar-refractivity contribution >= 4 is 5.69 Å². The Bertz CT molecular complexity index is 472. The van der Waals surface area contributed by atoms with Crippen LogP contribution in [-0.4, -0.2) is 19.6 Å². The third kappa shape index (κ3) is 13.4. The number of rotatable bonds is 22. The highest BCUT2D eigenvalue weighted by molar-refractivity contribution is 5.42. The molecule has 0 spiro atoms. The molecule has 1 aromatic carbocycles. The second-order valence-electron chi connectivity index (χ2n) is 9.95. The maximum atomic E-state index is 2.38. The average Bonchev–Trinajstić information content (AvgIpc) is 2.81. The van der Waals surface area contributed by atoms with Crippen LogP contribution >= 0.6 is 0 Å². The fourth-order valence-corrected chi connectivity index (χ4v) is 5.00. The molecule has 180 valence electrons. The predicted octanol–water partition coefficient (Wildman–Crippen LogP) is 10.1. The fourth-order valence-electron chi connectivity index (χ4n) is 5.00. The van der Waals surface area contributed by atoms with Crippen molar-refractivity contribution in [3.63, 3.8) is 0 Å². The van der Waals surface area contributed by atoms with Crippen molar-refractivity contribution in [1.82, 2.24) is 4.48 Å². The Morgan fingerprint density at radius 3 is 1.19 bits per heavy atom. The number of para-hydroxylation sites is 1.